The number of carboxylic acids is 1. The lowest BCUT2D eigenvalue weighted by atomic mass is 10.2. The van der Waals surface area contributed by atoms with E-state index in [1.165, 1.54) is 17.7 Å². The molecule has 0 spiro atoms. The lowest BCUT2D eigenvalue weighted by Crippen LogP contribution is -2.40. The van der Waals surface area contributed by atoms with Gasteiger partial charge in [-0.15, -0.1) is 0 Å². The lowest BCUT2D eigenvalue weighted by molar-refractivity contribution is -0.141. The Morgan fingerprint density at radius 3 is 2.67 bits per heavy atom. The number of benzene rings is 1. The van der Waals surface area contributed by atoms with Crippen LogP contribution in [0.4, 0.5) is 4.79 Å². The first-order valence-electron chi connectivity index (χ1n) is 8.43. The maximum atomic E-state index is 12.1. The topological polar surface area (TPSA) is 78.9 Å². The van der Waals surface area contributed by atoms with Crippen LogP contribution >= 0.6 is 0 Å². The van der Waals surface area contributed by atoms with Crippen LogP contribution in [0.3, 0.4) is 0 Å². The van der Waals surface area contributed by atoms with Crippen LogP contribution in [0.2, 0.25) is 0 Å². The van der Waals surface area contributed by atoms with E-state index in [1.54, 1.807) is 14.0 Å². The van der Waals surface area contributed by atoms with E-state index in [0.29, 0.717) is 6.54 Å². The van der Waals surface area contributed by atoms with Gasteiger partial charge in [0.2, 0.25) is 0 Å². The van der Waals surface area contributed by atoms with E-state index in [9.17, 15) is 9.59 Å². The van der Waals surface area contributed by atoms with Gasteiger partial charge in [-0.1, -0.05) is 25.1 Å². The summed E-state index contributed by atoms with van der Waals surface area (Å²) in [6.45, 7) is 2.10. The number of nitrogens with zero attached hydrogens (tertiary/aromatic N) is 1. The molecule has 6 nitrogen and oxygen atoms in total. The first kappa shape index (κ1) is 18.1. The predicted octanol–water partition coefficient (Wildman–Crippen LogP) is 2.87. The van der Waals surface area contributed by atoms with Gasteiger partial charge in [-0.3, -0.25) is 4.79 Å². The number of ether oxygens (including phenoxy) is 1. The summed E-state index contributed by atoms with van der Waals surface area (Å²) in [5.41, 5.74) is 0.928. The van der Waals surface area contributed by atoms with Gasteiger partial charge >= 0.3 is 12.0 Å². The normalized spacial score (nSPS) is 15.8. The van der Waals surface area contributed by atoms with Crippen molar-refractivity contribution < 1.29 is 19.4 Å². The molecule has 2 amide bonds. The third-order valence-electron chi connectivity index (χ3n) is 4.31. The molecule has 0 aliphatic heterocycles. The predicted molar refractivity (Wildman–Crippen MR) is 91.0 cm³/mol. The second-order valence-electron chi connectivity index (χ2n) is 6.41. The molecular formula is C18H26N2O4. The molecule has 0 heterocycles. The molecule has 0 bridgehead atoms. The van der Waals surface area contributed by atoms with E-state index in [0.717, 1.165) is 24.2 Å². The highest BCUT2D eigenvalue weighted by Gasteiger charge is 2.19. The zero-order chi connectivity index (χ0) is 17.5. The molecule has 1 unspecified atom stereocenters. The van der Waals surface area contributed by atoms with Crippen LogP contribution in [-0.4, -0.2) is 41.7 Å². The number of urea groups is 1. The van der Waals surface area contributed by atoms with Crippen molar-refractivity contribution in [2.24, 2.45) is 5.92 Å². The molecule has 1 aliphatic carbocycles. The quantitative estimate of drug-likeness (QED) is 0.803. The Morgan fingerprint density at radius 2 is 2.00 bits per heavy atom. The summed E-state index contributed by atoms with van der Waals surface area (Å²) in [6, 6.07) is 7.41. The van der Waals surface area contributed by atoms with Crippen molar-refractivity contribution in [3.05, 3.63) is 29.8 Å². The van der Waals surface area contributed by atoms with Crippen molar-refractivity contribution in [2.75, 3.05) is 13.6 Å². The summed E-state index contributed by atoms with van der Waals surface area (Å²) in [7, 11) is 1.59. The van der Waals surface area contributed by atoms with Crippen molar-refractivity contribution in [1.29, 1.82) is 0 Å². The molecule has 1 saturated carbocycles. The van der Waals surface area contributed by atoms with E-state index in [1.807, 2.05) is 24.3 Å². The minimum absolute atomic E-state index is 0.168. The van der Waals surface area contributed by atoms with Gasteiger partial charge in [-0.05, 0) is 31.7 Å². The zero-order valence-corrected chi connectivity index (χ0v) is 14.3. The van der Waals surface area contributed by atoms with Gasteiger partial charge in [0.25, 0.3) is 0 Å². The first-order valence-corrected chi connectivity index (χ1v) is 8.43. The van der Waals surface area contributed by atoms with Crippen molar-refractivity contribution in [3.8, 4) is 5.75 Å². The Bertz CT molecular complexity index is 570. The second kappa shape index (κ2) is 8.57. The second-order valence-corrected chi connectivity index (χ2v) is 6.41. The molecule has 0 radical (unpaired) electrons. The number of nitrogens with one attached hydrogen (secondary N) is 1. The molecule has 0 aromatic heterocycles. The number of carbonyl (C=O) groups excluding carboxylic acids is 1. The van der Waals surface area contributed by atoms with E-state index in [4.69, 9.17) is 9.84 Å². The Labute approximate surface area is 142 Å². The van der Waals surface area contributed by atoms with E-state index >= 15 is 0 Å². The van der Waals surface area contributed by atoms with Crippen LogP contribution in [0.15, 0.2) is 24.3 Å². The number of carbonyl (C=O) groups is 2. The van der Waals surface area contributed by atoms with E-state index < -0.39 is 11.9 Å². The van der Waals surface area contributed by atoms with Gasteiger partial charge < -0.3 is 20.1 Å². The molecule has 1 aromatic rings. The van der Waals surface area contributed by atoms with Gasteiger partial charge in [0.1, 0.15) is 5.75 Å². The largest absolute Gasteiger partial charge is 0.490 e. The minimum atomic E-state index is -0.912. The highest BCUT2D eigenvalue weighted by atomic mass is 16.5. The van der Waals surface area contributed by atoms with Gasteiger partial charge in [0.05, 0.1) is 12.0 Å². The summed E-state index contributed by atoms with van der Waals surface area (Å²) in [5, 5.41) is 11.7. The Balaban J connectivity index is 1.89. The van der Waals surface area contributed by atoms with E-state index in [2.05, 4.69) is 5.32 Å². The number of amides is 2. The Hall–Kier alpha value is -2.24. The van der Waals surface area contributed by atoms with Crippen molar-refractivity contribution in [3.63, 3.8) is 0 Å². The smallest absolute Gasteiger partial charge is 0.317 e. The standard InChI is InChI=1S/C18H26N2O4/c1-13(17(21)22)12-20(2)18(23)19-11-14-7-3-6-10-16(14)24-15-8-4-5-9-15/h3,6-7,10,13,15H,4-5,8-9,11-12H2,1-2H3,(H,19,23)(H,21,22). The molecule has 6 heteroatoms. The van der Waals surface area contributed by atoms with Crippen molar-refractivity contribution in [2.45, 2.75) is 45.3 Å². The number of hydrogen-bond donors (Lipinski definition) is 2. The van der Waals surface area contributed by atoms with Crippen molar-refractivity contribution in [1.82, 2.24) is 10.2 Å². The van der Waals surface area contributed by atoms with Crippen LogP contribution in [-0.2, 0) is 11.3 Å². The molecule has 2 N–H and O–H groups in total. The molecule has 2 rings (SSSR count). The summed E-state index contributed by atoms with van der Waals surface area (Å²) in [5.74, 6) is -0.699. The summed E-state index contributed by atoms with van der Waals surface area (Å²) in [6.07, 6.45) is 4.83. The number of aliphatic carboxylic acids is 1. The lowest BCUT2D eigenvalue weighted by Gasteiger charge is -2.21. The maximum Gasteiger partial charge on any atom is 0.317 e. The number of hydrogen-bond acceptors (Lipinski definition) is 3. The fourth-order valence-electron chi connectivity index (χ4n) is 2.83. The molecular weight excluding hydrogens is 308 g/mol. The maximum absolute atomic E-state index is 12.1. The molecule has 24 heavy (non-hydrogen) atoms. The Kier molecular flexibility index (Phi) is 6.46. The third kappa shape index (κ3) is 5.15. The van der Waals surface area contributed by atoms with Gasteiger partial charge in [0.15, 0.2) is 0 Å². The minimum Gasteiger partial charge on any atom is -0.490 e. The van der Waals surface area contributed by atoms with Crippen LogP contribution in [0, 0.1) is 5.92 Å². The fraction of sp³-hybridized carbons (Fsp3) is 0.556. The molecule has 1 fully saturated rings. The summed E-state index contributed by atoms with van der Waals surface area (Å²) >= 11 is 0. The van der Waals surface area contributed by atoms with Crippen LogP contribution in [0.1, 0.15) is 38.2 Å². The first-order chi connectivity index (χ1) is 11.5. The highest BCUT2D eigenvalue weighted by Crippen LogP contribution is 2.26. The number of para-hydroxylation sites is 1. The molecule has 0 saturated heterocycles. The highest BCUT2D eigenvalue weighted by molar-refractivity contribution is 5.75. The van der Waals surface area contributed by atoms with E-state index in [-0.39, 0.29) is 18.7 Å². The van der Waals surface area contributed by atoms with Crippen LogP contribution in [0.5, 0.6) is 5.75 Å². The summed E-state index contributed by atoms with van der Waals surface area (Å²) < 4.78 is 6.05. The fourth-order valence-corrected chi connectivity index (χ4v) is 2.83. The number of rotatable bonds is 7. The third-order valence-corrected chi connectivity index (χ3v) is 4.31. The molecule has 1 aliphatic rings. The molecule has 1 aromatic carbocycles. The monoisotopic (exact) mass is 334 g/mol. The van der Waals surface area contributed by atoms with Gasteiger partial charge in [0, 0.05) is 25.7 Å². The van der Waals surface area contributed by atoms with Crippen molar-refractivity contribution >= 4 is 12.0 Å². The SMILES string of the molecule is CC(CN(C)C(=O)NCc1ccccc1OC1CCCC1)C(=O)O. The van der Waals surface area contributed by atoms with Crippen LogP contribution < -0.4 is 10.1 Å². The zero-order valence-electron chi connectivity index (χ0n) is 14.3. The van der Waals surface area contributed by atoms with Gasteiger partial charge in [-0.25, -0.2) is 4.79 Å². The average Bonchev–Trinajstić information content (AvgIpc) is 3.06. The van der Waals surface area contributed by atoms with Gasteiger partial charge in [-0.2, -0.15) is 0 Å². The van der Waals surface area contributed by atoms with Crippen LogP contribution in [0.25, 0.3) is 0 Å². The molecule has 132 valence electrons. The average molecular weight is 334 g/mol. The Morgan fingerprint density at radius 1 is 1.33 bits per heavy atom. The molecule has 1 atom stereocenters. The summed E-state index contributed by atoms with van der Waals surface area (Å²) in [4.78, 5) is 24.4. The number of carboxylic acid groups (broad SMARTS) is 1.